The van der Waals surface area contributed by atoms with Gasteiger partial charge in [0.2, 0.25) is 0 Å². The second kappa shape index (κ2) is 7.66. The van der Waals surface area contributed by atoms with Crippen LogP contribution in [-0.4, -0.2) is 38.2 Å². The lowest BCUT2D eigenvalue weighted by Gasteiger charge is -2.23. The molecule has 2 rings (SSSR count). The molecular formula is C17H21NO4. The molecule has 1 heterocycles. The Morgan fingerprint density at radius 3 is 2.55 bits per heavy atom. The van der Waals surface area contributed by atoms with E-state index in [1.807, 2.05) is 19.1 Å². The maximum atomic E-state index is 12.5. The Morgan fingerprint density at radius 2 is 1.95 bits per heavy atom. The molecular weight excluding hydrogens is 282 g/mol. The highest BCUT2D eigenvalue weighted by molar-refractivity contribution is 5.94. The Morgan fingerprint density at radius 1 is 1.23 bits per heavy atom. The molecule has 0 fully saturated rings. The number of methoxy groups -OCH3 is 1. The minimum atomic E-state index is -0.125. The van der Waals surface area contributed by atoms with Crippen molar-refractivity contribution in [2.24, 2.45) is 0 Å². The van der Waals surface area contributed by atoms with Crippen LogP contribution in [0.15, 0.2) is 47.1 Å². The molecule has 2 aromatic rings. The second-order valence-corrected chi connectivity index (χ2v) is 4.97. The molecule has 0 saturated heterocycles. The molecule has 1 atom stereocenters. The molecule has 0 spiro atoms. The van der Waals surface area contributed by atoms with Gasteiger partial charge in [0, 0.05) is 19.7 Å². The number of rotatable bonds is 7. The van der Waals surface area contributed by atoms with E-state index in [0.717, 1.165) is 11.5 Å². The van der Waals surface area contributed by atoms with E-state index >= 15 is 0 Å². The number of nitrogens with zero attached hydrogens (tertiary/aromatic N) is 1. The SMILES string of the molecule is COCCOc1ccc(C(=O)N(C)[C@@H](C)c2ccco2)cc1. The first-order chi connectivity index (χ1) is 10.6. The van der Waals surface area contributed by atoms with Gasteiger partial charge in [-0.15, -0.1) is 0 Å². The molecule has 0 N–H and O–H groups in total. The number of benzene rings is 1. The van der Waals surface area contributed by atoms with Gasteiger partial charge in [-0.1, -0.05) is 0 Å². The first-order valence-corrected chi connectivity index (χ1v) is 7.16. The fraction of sp³-hybridized carbons (Fsp3) is 0.353. The van der Waals surface area contributed by atoms with Crippen LogP contribution in [-0.2, 0) is 4.74 Å². The Hall–Kier alpha value is -2.27. The van der Waals surface area contributed by atoms with Crippen LogP contribution in [0.2, 0.25) is 0 Å². The normalized spacial score (nSPS) is 12.0. The van der Waals surface area contributed by atoms with Crippen LogP contribution in [0, 0.1) is 0 Å². The van der Waals surface area contributed by atoms with E-state index in [9.17, 15) is 4.79 Å². The van der Waals surface area contributed by atoms with Gasteiger partial charge in [0.25, 0.3) is 5.91 Å². The number of hydrogen-bond donors (Lipinski definition) is 0. The zero-order valence-corrected chi connectivity index (χ0v) is 13.1. The fourth-order valence-corrected chi connectivity index (χ4v) is 2.04. The maximum Gasteiger partial charge on any atom is 0.254 e. The molecule has 5 heteroatoms. The number of hydrogen-bond acceptors (Lipinski definition) is 4. The quantitative estimate of drug-likeness (QED) is 0.737. The van der Waals surface area contributed by atoms with Gasteiger partial charge < -0.3 is 18.8 Å². The Kier molecular flexibility index (Phi) is 5.61. The van der Waals surface area contributed by atoms with E-state index < -0.39 is 0 Å². The van der Waals surface area contributed by atoms with Gasteiger partial charge in [0.05, 0.1) is 18.9 Å². The summed E-state index contributed by atoms with van der Waals surface area (Å²) >= 11 is 0. The van der Waals surface area contributed by atoms with Gasteiger partial charge in [-0.3, -0.25) is 4.79 Å². The smallest absolute Gasteiger partial charge is 0.254 e. The molecule has 0 aliphatic carbocycles. The molecule has 0 unspecified atom stereocenters. The predicted molar refractivity (Wildman–Crippen MR) is 83.0 cm³/mol. The molecule has 0 saturated carbocycles. The number of furan rings is 1. The maximum absolute atomic E-state index is 12.5. The lowest BCUT2D eigenvalue weighted by atomic mass is 10.1. The van der Waals surface area contributed by atoms with Crippen LogP contribution in [0.4, 0.5) is 0 Å². The topological polar surface area (TPSA) is 51.9 Å². The van der Waals surface area contributed by atoms with E-state index in [4.69, 9.17) is 13.9 Å². The van der Waals surface area contributed by atoms with Crippen LogP contribution in [0.3, 0.4) is 0 Å². The van der Waals surface area contributed by atoms with Crippen molar-refractivity contribution in [3.63, 3.8) is 0 Å². The molecule has 22 heavy (non-hydrogen) atoms. The van der Waals surface area contributed by atoms with Gasteiger partial charge in [-0.2, -0.15) is 0 Å². The van der Waals surface area contributed by atoms with E-state index in [1.165, 1.54) is 0 Å². The van der Waals surface area contributed by atoms with Gasteiger partial charge in [-0.25, -0.2) is 0 Å². The minimum absolute atomic E-state index is 0.0626. The van der Waals surface area contributed by atoms with E-state index in [-0.39, 0.29) is 11.9 Å². The monoisotopic (exact) mass is 303 g/mol. The Bertz CT molecular complexity index is 577. The zero-order chi connectivity index (χ0) is 15.9. The van der Waals surface area contributed by atoms with Crippen molar-refractivity contribution >= 4 is 5.91 Å². The van der Waals surface area contributed by atoms with E-state index in [2.05, 4.69) is 0 Å². The molecule has 0 bridgehead atoms. The summed E-state index contributed by atoms with van der Waals surface area (Å²) < 4.78 is 15.8. The van der Waals surface area contributed by atoms with Gasteiger partial charge in [0.1, 0.15) is 18.1 Å². The summed E-state index contributed by atoms with van der Waals surface area (Å²) in [5.41, 5.74) is 0.611. The number of carbonyl (C=O) groups is 1. The fourth-order valence-electron chi connectivity index (χ4n) is 2.04. The van der Waals surface area contributed by atoms with Crippen molar-refractivity contribution in [3.05, 3.63) is 54.0 Å². The molecule has 1 aromatic carbocycles. The number of ether oxygens (including phenoxy) is 2. The highest BCUT2D eigenvalue weighted by atomic mass is 16.5. The van der Waals surface area contributed by atoms with Crippen molar-refractivity contribution < 1.29 is 18.7 Å². The Labute approximate surface area is 130 Å². The molecule has 5 nitrogen and oxygen atoms in total. The number of carbonyl (C=O) groups excluding carboxylic acids is 1. The molecule has 1 amide bonds. The van der Waals surface area contributed by atoms with Crippen LogP contribution in [0.5, 0.6) is 5.75 Å². The highest BCUT2D eigenvalue weighted by Gasteiger charge is 2.20. The Balaban J connectivity index is 1.99. The molecule has 0 radical (unpaired) electrons. The summed E-state index contributed by atoms with van der Waals surface area (Å²) in [4.78, 5) is 14.1. The molecule has 118 valence electrons. The third-order valence-corrected chi connectivity index (χ3v) is 3.51. The second-order valence-electron chi connectivity index (χ2n) is 4.97. The lowest BCUT2D eigenvalue weighted by molar-refractivity contribution is 0.0726. The van der Waals surface area contributed by atoms with Crippen LogP contribution < -0.4 is 4.74 Å². The summed E-state index contributed by atoms with van der Waals surface area (Å²) in [5, 5.41) is 0. The standard InChI is InChI=1S/C17H21NO4/c1-13(16-5-4-10-22-16)18(2)17(19)14-6-8-15(9-7-14)21-12-11-20-3/h4-10,13H,11-12H2,1-3H3/t13-/m0/s1. The molecule has 0 aliphatic heterocycles. The summed E-state index contributed by atoms with van der Waals surface area (Å²) in [6.07, 6.45) is 1.61. The summed E-state index contributed by atoms with van der Waals surface area (Å²) in [7, 11) is 3.39. The third-order valence-electron chi connectivity index (χ3n) is 3.51. The largest absolute Gasteiger partial charge is 0.491 e. The van der Waals surface area contributed by atoms with Crippen LogP contribution in [0.1, 0.15) is 29.1 Å². The molecule has 0 aliphatic rings. The van der Waals surface area contributed by atoms with Gasteiger partial charge >= 0.3 is 0 Å². The summed E-state index contributed by atoms with van der Waals surface area (Å²) in [6, 6.07) is 10.6. The zero-order valence-electron chi connectivity index (χ0n) is 13.1. The lowest BCUT2D eigenvalue weighted by Crippen LogP contribution is -2.29. The van der Waals surface area contributed by atoms with Gasteiger partial charge in [-0.05, 0) is 43.3 Å². The first kappa shape index (κ1) is 16.1. The van der Waals surface area contributed by atoms with Crippen molar-refractivity contribution in [1.29, 1.82) is 0 Å². The predicted octanol–water partition coefficient (Wildman–Crippen LogP) is 3.14. The third kappa shape index (κ3) is 3.89. The average Bonchev–Trinajstić information content (AvgIpc) is 3.08. The summed E-state index contributed by atoms with van der Waals surface area (Å²) in [5.74, 6) is 1.41. The van der Waals surface area contributed by atoms with Crippen molar-refractivity contribution in [2.75, 3.05) is 27.4 Å². The first-order valence-electron chi connectivity index (χ1n) is 7.16. The van der Waals surface area contributed by atoms with E-state index in [0.29, 0.717) is 18.8 Å². The summed E-state index contributed by atoms with van der Waals surface area (Å²) in [6.45, 7) is 2.95. The minimum Gasteiger partial charge on any atom is -0.491 e. The van der Waals surface area contributed by atoms with Crippen LogP contribution >= 0.6 is 0 Å². The number of amides is 1. The van der Waals surface area contributed by atoms with Crippen molar-refractivity contribution in [2.45, 2.75) is 13.0 Å². The van der Waals surface area contributed by atoms with Gasteiger partial charge in [0.15, 0.2) is 0 Å². The average molecular weight is 303 g/mol. The van der Waals surface area contributed by atoms with Crippen molar-refractivity contribution in [3.8, 4) is 5.75 Å². The van der Waals surface area contributed by atoms with Crippen molar-refractivity contribution in [1.82, 2.24) is 4.90 Å². The van der Waals surface area contributed by atoms with E-state index in [1.54, 1.807) is 49.6 Å². The molecule has 1 aromatic heterocycles. The highest BCUT2D eigenvalue weighted by Crippen LogP contribution is 2.22. The van der Waals surface area contributed by atoms with Crippen LogP contribution in [0.25, 0.3) is 0 Å².